The molecule has 0 aliphatic rings. The molecule has 0 radical (unpaired) electrons. The molecule has 0 aromatic carbocycles. The Balaban J connectivity index is 2.48. The minimum Gasteiger partial charge on any atom is -0.341 e. The van der Waals surface area contributed by atoms with Crippen LogP contribution in [0.1, 0.15) is 24.6 Å². The van der Waals surface area contributed by atoms with E-state index < -0.39 is 0 Å². The topological polar surface area (TPSA) is 20.3 Å². The first-order valence-corrected chi connectivity index (χ1v) is 5.81. The van der Waals surface area contributed by atoms with Gasteiger partial charge in [0.2, 0.25) is 5.91 Å². The van der Waals surface area contributed by atoms with Crippen molar-refractivity contribution in [1.82, 2.24) is 4.90 Å². The molecule has 0 fully saturated rings. The zero-order chi connectivity index (χ0) is 10.6. The Morgan fingerprint density at radius 1 is 1.57 bits per heavy atom. The van der Waals surface area contributed by atoms with Crippen LogP contribution in [0, 0.1) is 0 Å². The zero-order valence-electron chi connectivity index (χ0n) is 8.42. The monoisotopic (exact) mass is 231 g/mol. The van der Waals surface area contributed by atoms with Crippen molar-refractivity contribution in [2.45, 2.75) is 26.3 Å². The van der Waals surface area contributed by atoms with Crippen LogP contribution in [0.15, 0.2) is 12.1 Å². The molecule has 0 aliphatic heterocycles. The molecule has 1 heterocycles. The maximum atomic E-state index is 11.5. The normalized spacial score (nSPS) is 10.2. The quantitative estimate of drug-likeness (QED) is 0.780. The Kier molecular flexibility index (Phi) is 4.42. The smallest absolute Gasteiger partial charge is 0.222 e. The van der Waals surface area contributed by atoms with Crippen LogP contribution in [0.4, 0.5) is 0 Å². The van der Waals surface area contributed by atoms with E-state index >= 15 is 0 Å². The fourth-order valence-corrected chi connectivity index (χ4v) is 2.30. The number of carbonyl (C=O) groups excluding carboxylic acids is 1. The summed E-state index contributed by atoms with van der Waals surface area (Å²) in [6, 6.07) is 3.82. The van der Waals surface area contributed by atoms with Gasteiger partial charge in [-0.1, -0.05) is 18.5 Å². The molecule has 1 aromatic rings. The van der Waals surface area contributed by atoms with Gasteiger partial charge in [0, 0.05) is 18.3 Å². The Bertz CT molecular complexity index is 311. The largest absolute Gasteiger partial charge is 0.341 e. The summed E-state index contributed by atoms with van der Waals surface area (Å²) in [6.07, 6.45) is 1.52. The molecule has 78 valence electrons. The van der Waals surface area contributed by atoms with Crippen molar-refractivity contribution in [2.75, 3.05) is 7.05 Å². The van der Waals surface area contributed by atoms with Gasteiger partial charge in [0.1, 0.15) is 0 Å². The first-order chi connectivity index (χ1) is 6.63. The first-order valence-electron chi connectivity index (χ1n) is 4.61. The Labute approximate surface area is 93.5 Å². The number of nitrogens with zero attached hydrogens (tertiary/aromatic N) is 1. The Morgan fingerprint density at radius 3 is 2.79 bits per heavy atom. The van der Waals surface area contributed by atoms with Gasteiger partial charge in [-0.2, -0.15) is 0 Å². The van der Waals surface area contributed by atoms with Crippen LogP contribution in [-0.4, -0.2) is 17.9 Å². The maximum Gasteiger partial charge on any atom is 0.222 e. The molecule has 0 N–H and O–H groups in total. The average molecular weight is 232 g/mol. The van der Waals surface area contributed by atoms with Crippen molar-refractivity contribution >= 4 is 28.8 Å². The van der Waals surface area contributed by atoms with E-state index in [4.69, 9.17) is 11.6 Å². The molecule has 0 unspecified atom stereocenters. The SMILES string of the molecule is CCCC(=O)N(C)Cc1ccc(Cl)s1. The van der Waals surface area contributed by atoms with Crippen LogP contribution in [0.3, 0.4) is 0 Å². The standard InChI is InChI=1S/C10H14ClNOS/c1-3-4-10(13)12(2)7-8-5-6-9(11)14-8/h5-6H,3-4,7H2,1-2H3. The van der Waals surface area contributed by atoms with Gasteiger partial charge in [0.15, 0.2) is 0 Å². The number of amides is 1. The lowest BCUT2D eigenvalue weighted by molar-refractivity contribution is -0.130. The summed E-state index contributed by atoms with van der Waals surface area (Å²) in [5.74, 6) is 0.192. The second-order valence-electron chi connectivity index (χ2n) is 3.21. The lowest BCUT2D eigenvalue weighted by Gasteiger charge is -2.15. The van der Waals surface area contributed by atoms with E-state index in [-0.39, 0.29) is 5.91 Å². The second kappa shape index (κ2) is 5.37. The minimum atomic E-state index is 0.192. The molecule has 0 aliphatic carbocycles. The van der Waals surface area contributed by atoms with E-state index in [1.54, 1.807) is 4.90 Å². The fraction of sp³-hybridized carbons (Fsp3) is 0.500. The van der Waals surface area contributed by atoms with Crippen LogP contribution in [0.25, 0.3) is 0 Å². The van der Waals surface area contributed by atoms with E-state index in [1.165, 1.54) is 11.3 Å². The molecule has 14 heavy (non-hydrogen) atoms. The van der Waals surface area contributed by atoms with Crippen molar-refractivity contribution in [1.29, 1.82) is 0 Å². The van der Waals surface area contributed by atoms with E-state index in [0.29, 0.717) is 13.0 Å². The number of halogens is 1. The average Bonchev–Trinajstić information content (AvgIpc) is 2.51. The molecule has 0 spiro atoms. The summed E-state index contributed by atoms with van der Waals surface area (Å²) in [5.41, 5.74) is 0. The van der Waals surface area contributed by atoms with Crippen molar-refractivity contribution in [2.24, 2.45) is 0 Å². The molecule has 0 saturated carbocycles. The third-order valence-corrected chi connectivity index (χ3v) is 3.13. The first kappa shape index (κ1) is 11.5. The number of carbonyl (C=O) groups is 1. The molecule has 1 aromatic heterocycles. The van der Waals surface area contributed by atoms with Gasteiger partial charge < -0.3 is 4.90 Å². The number of thiophene rings is 1. The lowest BCUT2D eigenvalue weighted by Crippen LogP contribution is -2.25. The molecule has 1 rings (SSSR count). The fourth-order valence-electron chi connectivity index (χ4n) is 1.16. The number of hydrogen-bond acceptors (Lipinski definition) is 2. The van der Waals surface area contributed by atoms with E-state index in [0.717, 1.165) is 15.6 Å². The predicted molar refractivity (Wildman–Crippen MR) is 60.7 cm³/mol. The van der Waals surface area contributed by atoms with Gasteiger partial charge in [-0.3, -0.25) is 4.79 Å². The summed E-state index contributed by atoms with van der Waals surface area (Å²) < 4.78 is 0.774. The summed E-state index contributed by atoms with van der Waals surface area (Å²) in [6.45, 7) is 2.67. The van der Waals surface area contributed by atoms with Gasteiger partial charge in [0.05, 0.1) is 10.9 Å². The molecule has 0 bridgehead atoms. The van der Waals surface area contributed by atoms with Gasteiger partial charge in [-0.05, 0) is 18.6 Å². The van der Waals surface area contributed by atoms with Crippen LogP contribution in [0.2, 0.25) is 4.34 Å². The summed E-state index contributed by atoms with van der Waals surface area (Å²) >= 11 is 7.32. The Hall–Kier alpha value is -0.540. The van der Waals surface area contributed by atoms with Crippen molar-refractivity contribution in [3.05, 3.63) is 21.3 Å². The third-order valence-electron chi connectivity index (χ3n) is 1.91. The summed E-state index contributed by atoms with van der Waals surface area (Å²) in [4.78, 5) is 14.3. The lowest BCUT2D eigenvalue weighted by atomic mass is 10.3. The van der Waals surface area contributed by atoms with Gasteiger partial charge in [-0.15, -0.1) is 11.3 Å². The molecular weight excluding hydrogens is 218 g/mol. The minimum absolute atomic E-state index is 0.192. The molecule has 2 nitrogen and oxygen atoms in total. The van der Waals surface area contributed by atoms with Gasteiger partial charge in [0.25, 0.3) is 0 Å². The van der Waals surface area contributed by atoms with Crippen LogP contribution in [-0.2, 0) is 11.3 Å². The second-order valence-corrected chi connectivity index (χ2v) is 5.01. The van der Waals surface area contributed by atoms with Crippen molar-refractivity contribution in [3.8, 4) is 0 Å². The van der Waals surface area contributed by atoms with Crippen molar-refractivity contribution < 1.29 is 4.79 Å². The van der Waals surface area contributed by atoms with Crippen LogP contribution in [0.5, 0.6) is 0 Å². The van der Waals surface area contributed by atoms with E-state index in [2.05, 4.69) is 0 Å². The van der Waals surface area contributed by atoms with Crippen molar-refractivity contribution in [3.63, 3.8) is 0 Å². The van der Waals surface area contributed by atoms with Crippen LogP contribution < -0.4 is 0 Å². The molecular formula is C10H14ClNOS. The number of rotatable bonds is 4. The highest BCUT2D eigenvalue weighted by Crippen LogP contribution is 2.22. The van der Waals surface area contributed by atoms with E-state index in [1.807, 2.05) is 26.1 Å². The van der Waals surface area contributed by atoms with E-state index in [9.17, 15) is 4.79 Å². The molecule has 0 saturated heterocycles. The van der Waals surface area contributed by atoms with Gasteiger partial charge in [-0.25, -0.2) is 0 Å². The zero-order valence-corrected chi connectivity index (χ0v) is 9.99. The highest BCUT2D eigenvalue weighted by molar-refractivity contribution is 7.16. The molecule has 0 atom stereocenters. The third kappa shape index (κ3) is 3.31. The highest BCUT2D eigenvalue weighted by Gasteiger charge is 2.08. The van der Waals surface area contributed by atoms with Crippen LogP contribution >= 0.6 is 22.9 Å². The summed E-state index contributed by atoms with van der Waals surface area (Å²) in [7, 11) is 1.83. The highest BCUT2D eigenvalue weighted by atomic mass is 35.5. The molecule has 1 amide bonds. The Morgan fingerprint density at radius 2 is 2.29 bits per heavy atom. The summed E-state index contributed by atoms with van der Waals surface area (Å²) in [5, 5.41) is 0. The van der Waals surface area contributed by atoms with Gasteiger partial charge >= 0.3 is 0 Å². The predicted octanol–water partition coefficient (Wildman–Crippen LogP) is 3.16. The number of hydrogen-bond donors (Lipinski definition) is 0. The molecule has 4 heteroatoms. The maximum absolute atomic E-state index is 11.5.